The largest absolute Gasteiger partial charge is 0.380 e. The van der Waals surface area contributed by atoms with Crippen LogP contribution < -0.4 is 4.90 Å². The number of carbonyl (C=O) groups is 1. The predicted octanol–water partition coefficient (Wildman–Crippen LogP) is 2.64. The summed E-state index contributed by atoms with van der Waals surface area (Å²) in [7, 11) is 1.68. The molecule has 4 heteroatoms. The zero-order chi connectivity index (χ0) is 13.1. The molecule has 0 aliphatic carbocycles. The number of hydrogen-bond donors (Lipinski definition) is 0. The van der Waals surface area contributed by atoms with Crippen LogP contribution in [0.25, 0.3) is 0 Å². The summed E-state index contributed by atoms with van der Waals surface area (Å²) in [5, 5.41) is 0. The Balaban J connectivity index is 2.20. The van der Waals surface area contributed by atoms with E-state index in [0.717, 1.165) is 19.4 Å². The van der Waals surface area contributed by atoms with E-state index in [2.05, 4.69) is 0 Å². The molecule has 0 spiro atoms. The molecular formula is C14H18FNO2. The molecule has 0 radical (unpaired) electrons. The predicted molar refractivity (Wildman–Crippen MR) is 68.6 cm³/mol. The Morgan fingerprint density at radius 3 is 2.89 bits per heavy atom. The Morgan fingerprint density at radius 2 is 2.28 bits per heavy atom. The summed E-state index contributed by atoms with van der Waals surface area (Å²) in [6, 6.07) is 4.68. The molecule has 1 heterocycles. The molecule has 2 rings (SSSR count). The number of carbonyl (C=O) groups excluding carboxylic acids is 1. The zero-order valence-corrected chi connectivity index (χ0v) is 10.8. The van der Waals surface area contributed by atoms with Crippen molar-refractivity contribution in [1.29, 1.82) is 0 Å². The van der Waals surface area contributed by atoms with Crippen LogP contribution in [0.2, 0.25) is 0 Å². The zero-order valence-electron chi connectivity index (χ0n) is 10.8. The lowest BCUT2D eigenvalue weighted by Crippen LogP contribution is -2.39. The summed E-state index contributed by atoms with van der Waals surface area (Å²) in [6.45, 7) is 2.97. The fourth-order valence-corrected chi connectivity index (χ4v) is 2.33. The number of methoxy groups -OCH3 is 1. The highest BCUT2D eigenvalue weighted by molar-refractivity contribution is 5.94. The number of anilines is 1. The van der Waals surface area contributed by atoms with Crippen molar-refractivity contribution in [3.05, 3.63) is 29.6 Å². The van der Waals surface area contributed by atoms with E-state index in [4.69, 9.17) is 4.74 Å². The van der Waals surface area contributed by atoms with Crippen molar-refractivity contribution in [1.82, 2.24) is 0 Å². The van der Waals surface area contributed by atoms with E-state index in [9.17, 15) is 9.18 Å². The van der Waals surface area contributed by atoms with Gasteiger partial charge in [-0.15, -0.1) is 0 Å². The highest BCUT2D eigenvalue weighted by Crippen LogP contribution is 2.25. The molecule has 18 heavy (non-hydrogen) atoms. The fraction of sp³-hybridized carbons (Fsp3) is 0.500. The summed E-state index contributed by atoms with van der Waals surface area (Å²) in [5.41, 5.74) is 0.971. The quantitative estimate of drug-likeness (QED) is 0.773. The second-order valence-electron chi connectivity index (χ2n) is 4.67. The van der Waals surface area contributed by atoms with E-state index in [-0.39, 0.29) is 17.7 Å². The molecule has 3 nitrogen and oxygen atoms in total. The van der Waals surface area contributed by atoms with Crippen molar-refractivity contribution in [2.75, 3.05) is 25.1 Å². The molecule has 0 saturated carbocycles. The smallest absolute Gasteiger partial charge is 0.159 e. The second kappa shape index (κ2) is 5.48. The third kappa shape index (κ3) is 2.70. The number of benzene rings is 1. The van der Waals surface area contributed by atoms with E-state index in [1.54, 1.807) is 19.2 Å². The standard InChI is InChI=1S/C14H18FNO2/c1-10(17)11-5-6-14(13(15)8-11)16-7-3-4-12(9-16)18-2/h5-6,8,12H,3-4,7,9H2,1-2H3. The van der Waals surface area contributed by atoms with E-state index < -0.39 is 0 Å². The van der Waals surface area contributed by atoms with Crippen LogP contribution >= 0.6 is 0 Å². The topological polar surface area (TPSA) is 29.5 Å². The first-order valence-electron chi connectivity index (χ1n) is 6.20. The maximum Gasteiger partial charge on any atom is 0.159 e. The van der Waals surface area contributed by atoms with E-state index in [1.165, 1.54) is 13.0 Å². The van der Waals surface area contributed by atoms with Gasteiger partial charge in [0.2, 0.25) is 0 Å². The van der Waals surface area contributed by atoms with Crippen molar-refractivity contribution < 1.29 is 13.9 Å². The molecular weight excluding hydrogens is 233 g/mol. The van der Waals surface area contributed by atoms with Crippen molar-refractivity contribution in [2.24, 2.45) is 0 Å². The summed E-state index contributed by atoms with van der Waals surface area (Å²) in [5.74, 6) is -0.451. The highest BCUT2D eigenvalue weighted by Gasteiger charge is 2.22. The Kier molecular flexibility index (Phi) is 3.97. The molecule has 98 valence electrons. The van der Waals surface area contributed by atoms with Crippen molar-refractivity contribution in [2.45, 2.75) is 25.9 Å². The first kappa shape index (κ1) is 13.0. The molecule has 1 aliphatic heterocycles. The van der Waals surface area contributed by atoms with Gasteiger partial charge in [0.1, 0.15) is 5.82 Å². The molecule has 0 N–H and O–H groups in total. The summed E-state index contributed by atoms with van der Waals surface area (Å²) >= 11 is 0. The molecule has 0 amide bonds. The van der Waals surface area contributed by atoms with Crippen molar-refractivity contribution in [3.8, 4) is 0 Å². The van der Waals surface area contributed by atoms with Crippen LogP contribution in [0.1, 0.15) is 30.1 Å². The van der Waals surface area contributed by atoms with Gasteiger partial charge in [-0.05, 0) is 38.0 Å². The molecule has 1 saturated heterocycles. The normalized spacial score (nSPS) is 19.9. The van der Waals surface area contributed by atoms with E-state index >= 15 is 0 Å². The molecule has 0 bridgehead atoms. The Bertz CT molecular complexity index is 447. The van der Waals surface area contributed by atoms with Crippen LogP contribution in [0.5, 0.6) is 0 Å². The van der Waals surface area contributed by atoms with Crippen LogP contribution in [0.3, 0.4) is 0 Å². The molecule has 1 aromatic carbocycles. The number of nitrogens with zero attached hydrogens (tertiary/aromatic N) is 1. The monoisotopic (exact) mass is 251 g/mol. The van der Waals surface area contributed by atoms with Gasteiger partial charge in [0.15, 0.2) is 5.78 Å². The summed E-state index contributed by atoms with van der Waals surface area (Å²) in [4.78, 5) is 13.2. The maximum absolute atomic E-state index is 14.0. The van der Waals surface area contributed by atoms with Gasteiger partial charge >= 0.3 is 0 Å². The van der Waals surface area contributed by atoms with Gasteiger partial charge < -0.3 is 9.64 Å². The number of hydrogen-bond acceptors (Lipinski definition) is 3. The summed E-state index contributed by atoms with van der Waals surface area (Å²) in [6.07, 6.45) is 2.16. The molecule has 1 aromatic rings. The number of piperidine rings is 1. The minimum absolute atomic E-state index is 0.117. The van der Waals surface area contributed by atoms with Gasteiger partial charge in [-0.3, -0.25) is 4.79 Å². The van der Waals surface area contributed by atoms with Gasteiger partial charge in [-0.25, -0.2) is 4.39 Å². The van der Waals surface area contributed by atoms with Crippen LogP contribution in [0.4, 0.5) is 10.1 Å². The number of Topliss-reactive ketones (excluding diaryl/α,β-unsaturated/α-hetero) is 1. The van der Waals surface area contributed by atoms with Gasteiger partial charge in [-0.1, -0.05) is 0 Å². The Morgan fingerprint density at radius 1 is 1.50 bits per heavy atom. The molecule has 1 fully saturated rings. The second-order valence-corrected chi connectivity index (χ2v) is 4.67. The maximum atomic E-state index is 14.0. The van der Waals surface area contributed by atoms with Gasteiger partial charge in [-0.2, -0.15) is 0 Å². The minimum Gasteiger partial charge on any atom is -0.380 e. The first-order chi connectivity index (χ1) is 8.61. The average molecular weight is 251 g/mol. The Hall–Kier alpha value is -1.42. The fourth-order valence-electron chi connectivity index (χ4n) is 2.33. The molecule has 1 atom stereocenters. The SMILES string of the molecule is COC1CCCN(c2ccc(C(C)=O)cc2F)C1. The lowest BCUT2D eigenvalue weighted by Gasteiger charge is -2.33. The third-order valence-corrected chi connectivity index (χ3v) is 3.41. The number of rotatable bonds is 3. The molecule has 0 aromatic heterocycles. The minimum atomic E-state index is -0.334. The number of ketones is 1. The number of ether oxygens (including phenoxy) is 1. The van der Waals surface area contributed by atoms with Crippen LogP contribution in [-0.4, -0.2) is 32.1 Å². The first-order valence-corrected chi connectivity index (χ1v) is 6.20. The van der Waals surface area contributed by atoms with Gasteiger partial charge in [0.25, 0.3) is 0 Å². The van der Waals surface area contributed by atoms with E-state index in [0.29, 0.717) is 17.8 Å². The van der Waals surface area contributed by atoms with Crippen LogP contribution in [0, 0.1) is 5.82 Å². The molecule has 1 unspecified atom stereocenters. The lowest BCUT2D eigenvalue weighted by molar-refractivity contribution is 0.0891. The highest BCUT2D eigenvalue weighted by atomic mass is 19.1. The Labute approximate surface area is 107 Å². The summed E-state index contributed by atoms with van der Waals surface area (Å²) < 4.78 is 19.3. The lowest BCUT2D eigenvalue weighted by atomic mass is 10.1. The van der Waals surface area contributed by atoms with Crippen LogP contribution in [-0.2, 0) is 4.74 Å². The van der Waals surface area contributed by atoms with Crippen molar-refractivity contribution in [3.63, 3.8) is 0 Å². The average Bonchev–Trinajstić information content (AvgIpc) is 2.38. The van der Waals surface area contributed by atoms with Crippen molar-refractivity contribution >= 4 is 11.5 Å². The molecule has 1 aliphatic rings. The van der Waals surface area contributed by atoms with Gasteiger partial charge in [0, 0.05) is 25.8 Å². The van der Waals surface area contributed by atoms with E-state index in [1.807, 2.05) is 4.90 Å². The van der Waals surface area contributed by atoms with Crippen LogP contribution in [0.15, 0.2) is 18.2 Å². The third-order valence-electron chi connectivity index (χ3n) is 3.41. The number of halogens is 1. The van der Waals surface area contributed by atoms with Gasteiger partial charge in [0.05, 0.1) is 11.8 Å².